The third kappa shape index (κ3) is 4.79. The second-order valence-electron chi connectivity index (χ2n) is 11.6. The zero-order chi connectivity index (χ0) is 23.8. The highest BCUT2D eigenvalue weighted by atomic mass is 16.3. The Hall–Kier alpha value is -2.02. The molecule has 3 aliphatic rings. The topological polar surface area (TPSA) is 77.8 Å². The standard InChI is InChI=1S/C26H42N4O3/c1-18-19(17-27-23(31)21-8-6-15-33-21)26(4)10-7-9-25(2,3)22(26)16-20(18)28-24(32)30-13-11-29(5)12-14-30/h6,8,15,18-20,22H,7,9-14,16-17H2,1-5H3,(H,27,31)(H,28,32). The molecule has 1 saturated heterocycles. The molecule has 3 amide bonds. The highest BCUT2D eigenvalue weighted by Gasteiger charge is 2.56. The van der Waals surface area contributed by atoms with Crippen LogP contribution in [0.3, 0.4) is 0 Å². The molecule has 7 heteroatoms. The quantitative estimate of drug-likeness (QED) is 0.719. The molecule has 7 nitrogen and oxygen atoms in total. The molecular weight excluding hydrogens is 416 g/mol. The van der Waals surface area contributed by atoms with Crippen LogP contribution in [0.1, 0.15) is 63.9 Å². The summed E-state index contributed by atoms with van der Waals surface area (Å²) in [4.78, 5) is 30.0. The summed E-state index contributed by atoms with van der Waals surface area (Å²) in [5, 5.41) is 6.58. The minimum Gasteiger partial charge on any atom is -0.459 e. The summed E-state index contributed by atoms with van der Waals surface area (Å²) in [6, 6.07) is 3.62. The number of urea groups is 1. The van der Waals surface area contributed by atoms with E-state index < -0.39 is 0 Å². The van der Waals surface area contributed by atoms with E-state index in [0.717, 1.165) is 32.6 Å². The van der Waals surface area contributed by atoms with E-state index >= 15 is 0 Å². The molecule has 1 aromatic heterocycles. The van der Waals surface area contributed by atoms with E-state index in [-0.39, 0.29) is 40.6 Å². The predicted octanol–water partition coefficient (Wildman–Crippen LogP) is 3.82. The van der Waals surface area contributed by atoms with Crippen LogP contribution in [-0.4, -0.2) is 67.6 Å². The van der Waals surface area contributed by atoms with E-state index in [4.69, 9.17) is 4.42 Å². The number of nitrogens with zero attached hydrogens (tertiary/aromatic N) is 2. The van der Waals surface area contributed by atoms with Gasteiger partial charge in [0.2, 0.25) is 0 Å². The van der Waals surface area contributed by atoms with Crippen LogP contribution in [0.4, 0.5) is 4.79 Å². The molecule has 1 aromatic rings. The Morgan fingerprint density at radius 3 is 2.55 bits per heavy atom. The first-order chi connectivity index (χ1) is 15.6. The van der Waals surface area contributed by atoms with Crippen LogP contribution in [0, 0.1) is 28.6 Å². The Bertz CT molecular complexity index is 831. The number of carbonyl (C=O) groups excluding carboxylic acids is 2. The molecule has 0 radical (unpaired) electrons. The Kier molecular flexibility index (Phi) is 6.81. The first-order valence-electron chi connectivity index (χ1n) is 12.7. The lowest BCUT2D eigenvalue weighted by Gasteiger charge is -2.61. The molecule has 184 valence electrons. The van der Waals surface area contributed by atoms with Crippen molar-refractivity contribution in [3.05, 3.63) is 24.2 Å². The summed E-state index contributed by atoms with van der Waals surface area (Å²) >= 11 is 0. The molecule has 0 bridgehead atoms. The molecular formula is C26H42N4O3. The molecule has 0 spiro atoms. The molecule has 2 saturated carbocycles. The van der Waals surface area contributed by atoms with Crippen molar-refractivity contribution in [2.24, 2.45) is 28.6 Å². The fraction of sp³-hybridized carbons (Fsp3) is 0.769. The molecule has 5 atom stereocenters. The summed E-state index contributed by atoms with van der Waals surface area (Å²) < 4.78 is 5.30. The first-order valence-corrected chi connectivity index (χ1v) is 12.7. The third-order valence-corrected chi connectivity index (χ3v) is 9.21. The molecule has 5 unspecified atom stereocenters. The lowest BCUT2D eigenvalue weighted by Crippen LogP contribution is -2.62. The van der Waals surface area contributed by atoms with Crippen molar-refractivity contribution in [3.63, 3.8) is 0 Å². The van der Waals surface area contributed by atoms with Gasteiger partial charge in [-0.3, -0.25) is 4.79 Å². The van der Waals surface area contributed by atoms with Crippen molar-refractivity contribution in [1.29, 1.82) is 0 Å². The van der Waals surface area contributed by atoms with Gasteiger partial charge in [-0.1, -0.05) is 34.1 Å². The molecule has 2 aliphatic carbocycles. The predicted molar refractivity (Wildman–Crippen MR) is 129 cm³/mol. The van der Waals surface area contributed by atoms with Gasteiger partial charge in [-0.2, -0.15) is 0 Å². The van der Waals surface area contributed by atoms with Gasteiger partial charge in [0.25, 0.3) is 5.91 Å². The van der Waals surface area contributed by atoms with Gasteiger partial charge in [0.05, 0.1) is 6.26 Å². The maximum atomic E-state index is 13.2. The largest absolute Gasteiger partial charge is 0.459 e. The lowest BCUT2D eigenvalue weighted by molar-refractivity contribution is -0.103. The van der Waals surface area contributed by atoms with Gasteiger partial charge >= 0.3 is 6.03 Å². The van der Waals surface area contributed by atoms with Crippen LogP contribution >= 0.6 is 0 Å². The number of carbonyl (C=O) groups is 2. The van der Waals surface area contributed by atoms with Crippen LogP contribution in [0.25, 0.3) is 0 Å². The third-order valence-electron chi connectivity index (χ3n) is 9.21. The van der Waals surface area contributed by atoms with Gasteiger partial charge in [-0.05, 0) is 67.0 Å². The number of hydrogen-bond donors (Lipinski definition) is 2. The number of hydrogen-bond acceptors (Lipinski definition) is 4. The average Bonchev–Trinajstić information content (AvgIpc) is 3.30. The van der Waals surface area contributed by atoms with E-state index in [0.29, 0.717) is 18.2 Å². The summed E-state index contributed by atoms with van der Waals surface area (Å²) in [6.07, 6.45) is 6.14. The van der Waals surface area contributed by atoms with E-state index in [1.807, 2.05) is 4.90 Å². The minimum absolute atomic E-state index is 0.0653. The SMILES string of the molecule is CC1C(NC(=O)N2CCN(C)CC2)CC2C(C)(C)CCCC2(C)C1CNC(=O)c1ccco1. The Balaban J connectivity index is 1.52. The van der Waals surface area contributed by atoms with Crippen molar-refractivity contribution >= 4 is 11.9 Å². The highest BCUT2D eigenvalue weighted by Crippen LogP contribution is 2.61. The smallest absolute Gasteiger partial charge is 0.317 e. The summed E-state index contributed by atoms with van der Waals surface area (Å²) in [6.45, 7) is 13.5. The highest BCUT2D eigenvalue weighted by molar-refractivity contribution is 5.91. The van der Waals surface area contributed by atoms with Gasteiger partial charge < -0.3 is 24.9 Å². The van der Waals surface area contributed by atoms with Crippen molar-refractivity contribution in [1.82, 2.24) is 20.4 Å². The number of nitrogens with one attached hydrogen (secondary N) is 2. The maximum absolute atomic E-state index is 13.2. The van der Waals surface area contributed by atoms with Crippen LogP contribution in [-0.2, 0) is 0 Å². The number of furan rings is 1. The monoisotopic (exact) mass is 458 g/mol. The molecule has 3 fully saturated rings. The zero-order valence-corrected chi connectivity index (χ0v) is 21.0. The number of rotatable bonds is 4. The number of amides is 3. The summed E-state index contributed by atoms with van der Waals surface area (Å²) in [7, 11) is 2.10. The summed E-state index contributed by atoms with van der Waals surface area (Å²) in [5.41, 5.74) is 0.347. The van der Waals surface area contributed by atoms with Crippen LogP contribution in [0.2, 0.25) is 0 Å². The molecule has 2 N–H and O–H groups in total. The normalized spacial score (nSPS) is 34.4. The fourth-order valence-electron chi connectivity index (χ4n) is 7.11. The van der Waals surface area contributed by atoms with Crippen LogP contribution < -0.4 is 10.6 Å². The van der Waals surface area contributed by atoms with E-state index in [9.17, 15) is 9.59 Å². The van der Waals surface area contributed by atoms with Crippen molar-refractivity contribution in [3.8, 4) is 0 Å². The summed E-state index contributed by atoms with van der Waals surface area (Å²) in [5.74, 6) is 1.24. The van der Waals surface area contributed by atoms with Crippen molar-refractivity contribution in [2.75, 3.05) is 39.8 Å². The Morgan fingerprint density at radius 2 is 1.88 bits per heavy atom. The van der Waals surface area contributed by atoms with Gasteiger partial charge in [-0.15, -0.1) is 0 Å². The van der Waals surface area contributed by atoms with Crippen molar-refractivity contribution < 1.29 is 14.0 Å². The second-order valence-corrected chi connectivity index (χ2v) is 11.6. The molecule has 33 heavy (non-hydrogen) atoms. The second kappa shape index (κ2) is 9.32. The van der Waals surface area contributed by atoms with Crippen LogP contribution in [0.15, 0.2) is 22.8 Å². The lowest BCUT2D eigenvalue weighted by atomic mass is 9.45. The Labute approximate surface area is 198 Å². The molecule has 4 rings (SSSR count). The molecule has 2 heterocycles. The fourth-order valence-corrected chi connectivity index (χ4v) is 7.11. The first kappa shape index (κ1) is 24.1. The van der Waals surface area contributed by atoms with E-state index in [2.05, 4.69) is 50.3 Å². The van der Waals surface area contributed by atoms with Gasteiger partial charge in [0.1, 0.15) is 0 Å². The molecule has 1 aliphatic heterocycles. The van der Waals surface area contributed by atoms with E-state index in [1.54, 1.807) is 12.1 Å². The number of fused-ring (bicyclic) bond motifs is 1. The minimum atomic E-state index is -0.161. The van der Waals surface area contributed by atoms with Gasteiger partial charge in [0.15, 0.2) is 5.76 Å². The number of likely N-dealkylation sites (N-methyl/N-ethyl adjacent to an activating group) is 1. The van der Waals surface area contributed by atoms with E-state index in [1.165, 1.54) is 25.5 Å². The van der Waals surface area contributed by atoms with Crippen molar-refractivity contribution in [2.45, 2.75) is 59.4 Å². The molecule has 0 aromatic carbocycles. The van der Waals surface area contributed by atoms with Gasteiger partial charge in [0, 0.05) is 38.8 Å². The van der Waals surface area contributed by atoms with Gasteiger partial charge in [-0.25, -0.2) is 4.79 Å². The zero-order valence-electron chi connectivity index (χ0n) is 21.0. The average molecular weight is 459 g/mol. The maximum Gasteiger partial charge on any atom is 0.317 e. The van der Waals surface area contributed by atoms with Crippen LogP contribution in [0.5, 0.6) is 0 Å². The Morgan fingerprint density at radius 1 is 1.15 bits per heavy atom. The number of piperazine rings is 1.